The van der Waals surface area contributed by atoms with E-state index in [9.17, 15) is 4.79 Å². The number of nitrogens with zero attached hydrogens (tertiary/aromatic N) is 3. The van der Waals surface area contributed by atoms with Crippen LogP contribution in [0.2, 0.25) is 0 Å². The van der Waals surface area contributed by atoms with E-state index in [0.717, 1.165) is 17.0 Å². The largest absolute Gasteiger partial charge is 0.378 e. The quantitative estimate of drug-likeness (QED) is 0.808. The van der Waals surface area contributed by atoms with Crippen molar-refractivity contribution in [3.05, 3.63) is 60.0 Å². The Labute approximate surface area is 129 Å². The first kappa shape index (κ1) is 14.1. The lowest BCUT2D eigenvalue weighted by atomic mass is 10.2. The van der Waals surface area contributed by atoms with E-state index in [-0.39, 0.29) is 5.91 Å². The van der Waals surface area contributed by atoms with Gasteiger partial charge in [0.05, 0.1) is 11.4 Å². The number of hydrogen-bond acceptors (Lipinski definition) is 3. The summed E-state index contributed by atoms with van der Waals surface area (Å²) in [6.07, 6.45) is 3.84. The molecule has 3 rings (SSSR count). The Kier molecular flexibility index (Phi) is 3.55. The maximum Gasteiger partial charge on any atom is 0.255 e. The number of pyridine rings is 1. The number of nitrogens with one attached hydrogen (secondary N) is 1. The summed E-state index contributed by atoms with van der Waals surface area (Å²) in [5.41, 5.74) is 4.05. The lowest BCUT2D eigenvalue weighted by Crippen LogP contribution is -2.13. The van der Waals surface area contributed by atoms with Crippen LogP contribution < -0.4 is 10.2 Å². The van der Waals surface area contributed by atoms with Gasteiger partial charge < -0.3 is 14.6 Å². The van der Waals surface area contributed by atoms with Crippen LogP contribution in [0.1, 0.15) is 16.1 Å². The SMILES string of the molecule is Cc1cn2cccc(NC(=O)c3ccc(N(C)C)cc3)c2n1. The third-order valence-electron chi connectivity index (χ3n) is 3.50. The zero-order valence-corrected chi connectivity index (χ0v) is 12.9. The molecular weight excluding hydrogens is 276 g/mol. The van der Waals surface area contributed by atoms with E-state index in [0.29, 0.717) is 11.3 Å². The molecule has 2 heterocycles. The summed E-state index contributed by atoms with van der Waals surface area (Å²) in [6, 6.07) is 11.2. The Hall–Kier alpha value is -2.82. The molecule has 0 unspecified atom stereocenters. The van der Waals surface area contributed by atoms with Crippen molar-refractivity contribution in [2.24, 2.45) is 0 Å². The Morgan fingerprint density at radius 3 is 2.59 bits per heavy atom. The molecule has 0 aliphatic heterocycles. The number of amides is 1. The molecule has 0 saturated carbocycles. The number of anilines is 2. The van der Waals surface area contributed by atoms with Crippen molar-refractivity contribution >= 4 is 22.9 Å². The van der Waals surface area contributed by atoms with Crippen LogP contribution in [0.5, 0.6) is 0 Å². The summed E-state index contributed by atoms with van der Waals surface area (Å²) in [5, 5.41) is 2.93. The normalized spacial score (nSPS) is 10.7. The van der Waals surface area contributed by atoms with Gasteiger partial charge in [-0.2, -0.15) is 0 Å². The van der Waals surface area contributed by atoms with E-state index < -0.39 is 0 Å². The van der Waals surface area contributed by atoms with Gasteiger partial charge in [-0.1, -0.05) is 0 Å². The van der Waals surface area contributed by atoms with Crippen LogP contribution >= 0.6 is 0 Å². The van der Waals surface area contributed by atoms with E-state index >= 15 is 0 Å². The van der Waals surface area contributed by atoms with Crippen molar-refractivity contribution in [3.8, 4) is 0 Å². The fourth-order valence-electron chi connectivity index (χ4n) is 2.34. The molecule has 0 saturated heterocycles. The van der Waals surface area contributed by atoms with E-state index in [4.69, 9.17) is 0 Å². The average molecular weight is 294 g/mol. The van der Waals surface area contributed by atoms with Crippen molar-refractivity contribution in [2.75, 3.05) is 24.3 Å². The third-order valence-corrected chi connectivity index (χ3v) is 3.50. The molecule has 5 nitrogen and oxygen atoms in total. The molecule has 0 aliphatic rings. The van der Waals surface area contributed by atoms with Gasteiger partial charge in [0, 0.05) is 37.7 Å². The van der Waals surface area contributed by atoms with Crippen LogP contribution in [0.25, 0.3) is 5.65 Å². The van der Waals surface area contributed by atoms with Gasteiger partial charge in [-0.15, -0.1) is 0 Å². The van der Waals surface area contributed by atoms with Gasteiger partial charge in [0.1, 0.15) is 0 Å². The molecule has 1 aromatic carbocycles. The smallest absolute Gasteiger partial charge is 0.255 e. The first-order chi connectivity index (χ1) is 10.5. The number of hydrogen-bond donors (Lipinski definition) is 1. The minimum absolute atomic E-state index is 0.140. The highest BCUT2D eigenvalue weighted by Crippen LogP contribution is 2.18. The van der Waals surface area contributed by atoms with E-state index in [1.165, 1.54) is 0 Å². The molecule has 22 heavy (non-hydrogen) atoms. The standard InChI is InChI=1S/C17H18N4O/c1-12-11-21-10-4-5-15(16(21)18-12)19-17(22)13-6-8-14(9-7-13)20(2)3/h4-11H,1-3H3,(H,19,22). The zero-order chi connectivity index (χ0) is 15.7. The molecule has 0 radical (unpaired) electrons. The van der Waals surface area contributed by atoms with Gasteiger partial charge in [-0.3, -0.25) is 4.79 Å². The second-order valence-electron chi connectivity index (χ2n) is 5.43. The summed E-state index contributed by atoms with van der Waals surface area (Å²) < 4.78 is 1.90. The van der Waals surface area contributed by atoms with Crippen molar-refractivity contribution in [1.82, 2.24) is 9.38 Å². The lowest BCUT2D eigenvalue weighted by Gasteiger charge is -2.12. The van der Waals surface area contributed by atoms with Crippen molar-refractivity contribution < 1.29 is 4.79 Å². The van der Waals surface area contributed by atoms with E-state index in [2.05, 4.69) is 10.3 Å². The van der Waals surface area contributed by atoms with Crippen LogP contribution in [0.15, 0.2) is 48.8 Å². The summed E-state index contributed by atoms with van der Waals surface area (Å²) in [4.78, 5) is 18.8. The molecule has 5 heteroatoms. The maximum absolute atomic E-state index is 12.4. The Morgan fingerprint density at radius 2 is 1.91 bits per heavy atom. The molecular formula is C17H18N4O. The van der Waals surface area contributed by atoms with Crippen LogP contribution in [-0.4, -0.2) is 29.4 Å². The Morgan fingerprint density at radius 1 is 1.18 bits per heavy atom. The monoisotopic (exact) mass is 294 g/mol. The highest BCUT2D eigenvalue weighted by Gasteiger charge is 2.10. The number of benzene rings is 1. The first-order valence-corrected chi connectivity index (χ1v) is 7.07. The molecule has 112 valence electrons. The molecule has 0 aliphatic carbocycles. The molecule has 2 aromatic heterocycles. The van der Waals surface area contributed by atoms with E-state index in [1.54, 1.807) is 0 Å². The minimum atomic E-state index is -0.140. The summed E-state index contributed by atoms with van der Waals surface area (Å²) in [6.45, 7) is 1.93. The van der Waals surface area contributed by atoms with Crippen LogP contribution in [0, 0.1) is 6.92 Å². The van der Waals surface area contributed by atoms with Crippen LogP contribution in [0.3, 0.4) is 0 Å². The molecule has 1 amide bonds. The number of aromatic nitrogens is 2. The highest BCUT2D eigenvalue weighted by molar-refractivity contribution is 6.06. The van der Waals surface area contributed by atoms with Gasteiger partial charge in [-0.05, 0) is 43.3 Å². The number of carbonyl (C=O) groups excluding carboxylic acids is 1. The van der Waals surface area contributed by atoms with Crippen molar-refractivity contribution in [2.45, 2.75) is 6.92 Å². The Bertz CT molecular complexity index is 818. The first-order valence-electron chi connectivity index (χ1n) is 7.07. The molecule has 0 bridgehead atoms. The predicted molar refractivity (Wildman–Crippen MR) is 88.7 cm³/mol. The van der Waals surface area contributed by atoms with Gasteiger partial charge in [-0.25, -0.2) is 4.98 Å². The summed E-state index contributed by atoms with van der Waals surface area (Å²) in [5.74, 6) is -0.140. The number of rotatable bonds is 3. The Balaban J connectivity index is 1.86. The maximum atomic E-state index is 12.4. The van der Waals surface area contributed by atoms with E-state index in [1.807, 2.05) is 79.1 Å². The molecule has 0 atom stereocenters. The van der Waals surface area contributed by atoms with Crippen molar-refractivity contribution in [3.63, 3.8) is 0 Å². The van der Waals surface area contributed by atoms with Gasteiger partial charge >= 0.3 is 0 Å². The average Bonchev–Trinajstić information content (AvgIpc) is 2.88. The number of fused-ring (bicyclic) bond motifs is 1. The van der Waals surface area contributed by atoms with Crippen molar-refractivity contribution in [1.29, 1.82) is 0 Å². The van der Waals surface area contributed by atoms with Gasteiger partial charge in [0.2, 0.25) is 0 Å². The third kappa shape index (κ3) is 2.65. The highest BCUT2D eigenvalue weighted by atomic mass is 16.1. The predicted octanol–water partition coefficient (Wildman–Crippen LogP) is 2.96. The number of carbonyl (C=O) groups is 1. The molecule has 1 N–H and O–H groups in total. The number of imidazole rings is 1. The summed E-state index contributed by atoms with van der Waals surface area (Å²) >= 11 is 0. The fourth-order valence-corrected chi connectivity index (χ4v) is 2.34. The molecule has 0 fully saturated rings. The van der Waals surface area contributed by atoms with Gasteiger partial charge in [0.15, 0.2) is 5.65 Å². The topological polar surface area (TPSA) is 49.6 Å². The minimum Gasteiger partial charge on any atom is -0.378 e. The van der Waals surface area contributed by atoms with Crippen LogP contribution in [-0.2, 0) is 0 Å². The second-order valence-corrected chi connectivity index (χ2v) is 5.43. The lowest BCUT2D eigenvalue weighted by molar-refractivity contribution is 0.102. The molecule has 3 aromatic rings. The second kappa shape index (κ2) is 5.52. The summed E-state index contributed by atoms with van der Waals surface area (Å²) in [7, 11) is 3.94. The zero-order valence-electron chi connectivity index (χ0n) is 12.9. The fraction of sp³-hybridized carbons (Fsp3) is 0.176. The molecule has 0 spiro atoms. The van der Waals surface area contributed by atoms with Gasteiger partial charge in [0.25, 0.3) is 5.91 Å². The number of aryl methyl sites for hydroxylation is 1. The van der Waals surface area contributed by atoms with Crippen LogP contribution in [0.4, 0.5) is 11.4 Å².